The summed E-state index contributed by atoms with van der Waals surface area (Å²) < 4.78 is 0. The third kappa shape index (κ3) is 3.73. The van der Waals surface area contributed by atoms with Gasteiger partial charge in [0, 0.05) is 29.6 Å². The number of benzene rings is 2. The number of amides is 2. The Labute approximate surface area is 195 Å². The fraction of sp³-hybridized carbons (Fsp3) is 0.429. The van der Waals surface area contributed by atoms with Crippen LogP contribution in [-0.4, -0.2) is 45.7 Å². The standard InChI is InChI=1S/C28H33N3O2/c1-4-5-8-15-30-17-25(32)31-24(28(30)33)16-22-21-9-6-7-10-23(21)29-26(22)27(31)20-13-11-19(12-14-20)18(2)3/h6-7,9-14,18,24,27,29H,4-5,8,15-17H2,1-3H3/t24-,27-/m1/s1. The van der Waals surface area contributed by atoms with Crippen LogP contribution in [0.2, 0.25) is 0 Å². The van der Waals surface area contributed by atoms with Crippen molar-refractivity contribution < 1.29 is 9.59 Å². The summed E-state index contributed by atoms with van der Waals surface area (Å²) in [5.74, 6) is 0.570. The van der Waals surface area contributed by atoms with E-state index in [9.17, 15) is 9.59 Å². The predicted molar refractivity (Wildman–Crippen MR) is 131 cm³/mol. The van der Waals surface area contributed by atoms with Gasteiger partial charge in [0.15, 0.2) is 0 Å². The summed E-state index contributed by atoms with van der Waals surface area (Å²) in [7, 11) is 0. The Morgan fingerprint density at radius 2 is 1.79 bits per heavy atom. The molecule has 2 atom stereocenters. The fourth-order valence-corrected chi connectivity index (χ4v) is 5.47. The van der Waals surface area contributed by atoms with Gasteiger partial charge in [-0.3, -0.25) is 9.59 Å². The molecule has 2 aliphatic heterocycles. The maximum Gasteiger partial charge on any atom is 0.246 e. The Kier molecular flexibility index (Phi) is 5.73. The Bertz CT molecular complexity index is 1180. The number of rotatable bonds is 6. The lowest BCUT2D eigenvalue weighted by atomic mass is 9.85. The summed E-state index contributed by atoms with van der Waals surface area (Å²) >= 11 is 0. The maximum atomic E-state index is 13.6. The van der Waals surface area contributed by atoms with E-state index in [1.165, 1.54) is 11.1 Å². The van der Waals surface area contributed by atoms with Gasteiger partial charge in [-0.15, -0.1) is 0 Å². The topological polar surface area (TPSA) is 56.4 Å². The van der Waals surface area contributed by atoms with Crippen LogP contribution in [0.3, 0.4) is 0 Å². The first-order valence-corrected chi connectivity index (χ1v) is 12.3. The van der Waals surface area contributed by atoms with E-state index in [0.717, 1.165) is 41.4 Å². The summed E-state index contributed by atoms with van der Waals surface area (Å²) in [6.07, 6.45) is 3.68. The van der Waals surface area contributed by atoms with Gasteiger partial charge in [0.2, 0.25) is 11.8 Å². The average molecular weight is 444 g/mol. The number of H-pyrrole nitrogens is 1. The van der Waals surface area contributed by atoms with Crippen LogP contribution >= 0.6 is 0 Å². The lowest BCUT2D eigenvalue weighted by Gasteiger charge is -2.47. The largest absolute Gasteiger partial charge is 0.356 e. The number of hydrogen-bond acceptors (Lipinski definition) is 2. The third-order valence-electron chi connectivity index (χ3n) is 7.29. The molecule has 3 heterocycles. The van der Waals surface area contributed by atoms with Crippen LogP contribution in [0, 0.1) is 0 Å². The van der Waals surface area contributed by atoms with Gasteiger partial charge in [0.05, 0.1) is 12.6 Å². The number of hydrogen-bond donors (Lipinski definition) is 1. The summed E-state index contributed by atoms with van der Waals surface area (Å²) in [5, 5.41) is 1.15. The number of carbonyl (C=O) groups excluding carboxylic acids is 2. The van der Waals surface area contributed by atoms with Crippen molar-refractivity contribution in [1.29, 1.82) is 0 Å². The van der Waals surface area contributed by atoms with Crippen molar-refractivity contribution in [3.8, 4) is 0 Å². The normalized spacial score (nSPS) is 20.5. The molecule has 172 valence electrons. The third-order valence-corrected chi connectivity index (χ3v) is 7.29. The van der Waals surface area contributed by atoms with Gasteiger partial charge in [0.1, 0.15) is 6.04 Å². The molecule has 0 bridgehead atoms. The minimum atomic E-state index is -0.450. The van der Waals surface area contributed by atoms with Crippen molar-refractivity contribution in [2.45, 2.75) is 64.5 Å². The quantitative estimate of drug-likeness (QED) is 0.535. The minimum absolute atomic E-state index is 0.0401. The molecule has 1 N–H and O–H groups in total. The smallest absolute Gasteiger partial charge is 0.246 e. The molecule has 5 heteroatoms. The number of para-hydroxylation sites is 1. The fourth-order valence-electron chi connectivity index (χ4n) is 5.47. The van der Waals surface area contributed by atoms with Crippen LogP contribution in [0.25, 0.3) is 10.9 Å². The molecule has 1 fully saturated rings. The van der Waals surface area contributed by atoms with E-state index in [4.69, 9.17) is 0 Å². The summed E-state index contributed by atoms with van der Waals surface area (Å²) in [4.78, 5) is 34.4. The molecule has 2 aromatic carbocycles. The molecule has 5 rings (SSSR count). The number of unbranched alkanes of at least 4 members (excludes halogenated alkanes) is 2. The zero-order chi connectivity index (χ0) is 23.1. The Hall–Kier alpha value is -3.08. The molecule has 1 aromatic heterocycles. The molecule has 0 radical (unpaired) electrons. The molecule has 2 aliphatic rings. The van der Waals surface area contributed by atoms with Crippen LogP contribution in [0.1, 0.15) is 74.4 Å². The monoisotopic (exact) mass is 443 g/mol. The van der Waals surface area contributed by atoms with Gasteiger partial charge in [-0.05, 0) is 35.1 Å². The van der Waals surface area contributed by atoms with E-state index >= 15 is 0 Å². The SMILES string of the molecule is CCCCCN1CC(=O)N2[C@H](c3ccc(C(C)C)cc3)c3[nH]c4ccccc4c3C[C@@H]2C1=O. The Morgan fingerprint density at radius 1 is 1.03 bits per heavy atom. The molecule has 0 spiro atoms. The van der Waals surface area contributed by atoms with Crippen LogP contribution in [0.4, 0.5) is 0 Å². The number of carbonyl (C=O) groups is 2. The lowest BCUT2D eigenvalue weighted by molar-refractivity contribution is -0.158. The first kappa shape index (κ1) is 21.7. The molecule has 2 amide bonds. The van der Waals surface area contributed by atoms with E-state index in [-0.39, 0.29) is 24.4 Å². The average Bonchev–Trinajstić information content (AvgIpc) is 3.19. The summed E-state index contributed by atoms with van der Waals surface area (Å²) in [6.45, 7) is 7.36. The highest BCUT2D eigenvalue weighted by molar-refractivity contribution is 5.97. The van der Waals surface area contributed by atoms with E-state index in [1.54, 1.807) is 4.90 Å². The zero-order valence-corrected chi connectivity index (χ0v) is 19.8. The number of nitrogens with zero attached hydrogens (tertiary/aromatic N) is 2. The zero-order valence-electron chi connectivity index (χ0n) is 19.8. The first-order chi connectivity index (χ1) is 16.0. The van der Waals surface area contributed by atoms with E-state index in [1.807, 2.05) is 17.0 Å². The highest BCUT2D eigenvalue weighted by Crippen LogP contribution is 2.42. The molecule has 0 saturated carbocycles. The highest BCUT2D eigenvalue weighted by Gasteiger charge is 2.48. The molecular weight excluding hydrogens is 410 g/mol. The van der Waals surface area contributed by atoms with Crippen molar-refractivity contribution in [1.82, 2.24) is 14.8 Å². The molecule has 5 nitrogen and oxygen atoms in total. The predicted octanol–water partition coefficient (Wildman–Crippen LogP) is 5.17. The van der Waals surface area contributed by atoms with Gasteiger partial charge in [0.25, 0.3) is 0 Å². The Balaban J connectivity index is 1.60. The lowest BCUT2D eigenvalue weighted by Crippen LogP contribution is -2.63. The van der Waals surface area contributed by atoms with Crippen LogP contribution in [0.5, 0.6) is 0 Å². The molecular formula is C28H33N3O2. The molecule has 0 unspecified atom stereocenters. The van der Waals surface area contributed by atoms with Crippen molar-refractivity contribution in [2.75, 3.05) is 13.1 Å². The van der Waals surface area contributed by atoms with E-state index < -0.39 is 6.04 Å². The summed E-state index contributed by atoms with van der Waals surface area (Å²) in [6, 6.07) is 16.1. The molecule has 33 heavy (non-hydrogen) atoms. The van der Waals surface area contributed by atoms with Crippen molar-refractivity contribution in [2.24, 2.45) is 0 Å². The Morgan fingerprint density at radius 3 is 2.52 bits per heavy atom. The molecule has 3 aromatic rings. The maximum absolute atomic E-state index is 13.6. The van der Waals surface area contributed by atoms with Gasteiger partial charge in [-0.2, -0.15) is 0 Å². The first-order valence-electron chi connectivity index (χ1n) is 12.3. The number of nitrogens with one attached hydrogen (secondary N) is 1. The van der Waals surface area contributed by atoms with Crippen LogP contribution in [0.15, 0.2) is 48.5 Å². The van der Waals surface area contributed by atoms with E-state index in [2.05, 4.69) is 62.2 Å². The van der Waals surface area contributed by atoms with Gasteiger partial charge >= 0.3 is 0 Å². The highest BCUT2D eigenvalue weighted by atomic mass is 16.2. The number of aromatic amines is 1. The van der Waals surface area contributed by atoms with E-state index in [0.29, 0.717) is 18.9 Å². The van der Waals surface area contributed by atoms with Gasteiger partial charge < -0.3 is 14.8 Å². The number of piperazine rings is 1. The van der Waals surface area contributed by atoms with Gasteiger partial charge in [-0.1, -0.05) is 76.1 Å². The molecule has 0 aliphatic carbocycles. The van der Waals surface area contributed by atoms with Crippen molar-refractivity contribution >= 4 is 22.7 Å². The minimum Gasteiger partial charge on any atom is -0.356 e. The molecule has 1 saturated heterocycles. The second-order valence-electron chi connectivity index (χ2n) is 9.77. The van der Waals surface area contributed by atoms with Crippen LogP contribution in [-0.2, 0) is 16.0 Å². The number of aromatic nitrogens is 1. The second kappa shape index (κ2) is 8.69. The van der Waals surface area contributed by atoms with Gasteiger partial charge in [-0.25, -0.2) is 0 Å². The van der Waals surface area contributed by atoms with Crippen LogP contribution < -0.4 is 0 Å². The second-order valence-corrected chi connectivity index (χ2v) is 9.77. The summed E-state index contributed by atoms with van der Waals surface area (Å²) in [5.41, 5.74) is 5.60. The van der Waals surface area contributed by atoms with Crippen molar-refractivity contribution in [3.63, 3.8) is 0 Å². The number of fused-ring (bicyclic) bond motifs is 4. The van der Waals surface area contributed by atoms with Crippen molar-refractivity contribution in [3.05, 3.63) is 70.9 Å².